The number of thiophene rings is 1. The number of nitrogens with zero attached hydrogens (tertiary/aromatic N) is 2. The molecular formula is C20H23N4OS+. The lowest BCUT2D eigenvalue weighted by atomic mass is 10.2. The normalized spacial score (nSPS) is 19.6. The molecule has 3 heterocycles. The zero-order valence-corrected chi connectivity index (χ0v) is 15.6. The number of hydrogen-bond donors (Lipinski definition) is 2. The quantitative estimate of drug-likeness (QED) is 0.728. The molecule has 2 aromatic heterocycles. The number of aryl methyl sites for hydroxylation is 1. The minimum atomic E-state index is 0.0422. The molecule has 1 fully saturated rings. The molecule has 2 N–H and O–H groups in total. The van der Waals surface area contributed by atoms with E-state index in [1.165, 1.54) is 16.2 Å². The highest BCUT2D eigenvalue weighted by Gasteiger charge is 2.32. The topological polar surface area (TPSA) is 51.4 Å². The van der Waals surface area contributed by atoms with Crippen LogP contribution in [0.1, 0.15) is 29.5 Å². The van der Waals surface area contributed by atoms with Crippen LogP contribution in [0.3, 0.4) is 0 Å². The van der Waals surface area contributed by atoms with Crippen LogP contribution in [0, 0.1) is 6.92 Å². The largest absolute Gasteiger partial charge is 0.320 e. The Morgan fingerprint density at radius 3 is 2.92 bits per heavy atom. The first-order chi connectivity index (χ1) is 12.7. The number of aromatic nitrogens is 2. The van der Waals surface area contributed by atoms with E-state index < -0.39 is 0 Å². The second kappa shape index (κ2) is 7.43. The van der Waals surface area contributed by atoms with Crippen LogP contribution >= 0.6 is 11.3 Å². The molecule has 1 aliphatic rings. The highest BCUT2D eigenvalue weighted by molar-refractivity contribution is 7.10. The molecule has 3 aromatic rings. The molecule has 134 valence electrons. The minimum Gasteiger partial charge on any atom is -0.320 e. The third-order valence-corrected chi connectivity index (χ3v) is 5.84. The van der Waals surface area contributed by atoms with E-state index in [2.05, 4.69) is 27.9 Å². The molecule has 1 aromatic carbocycles. The van der Waals surface area contributed by atoms with E-state index in [0.717, 1.165) is 30.2 Å². The van der Waals surface area contributed by atoms with Crippen molar-refractivity contribution in [1.82, 2.24) is 9.78 Å². The van der Waals surface area contributed by atoms with Gasteiger partial charge in [-0.2, -0.15) is 5.10 Å². The van der Waals surface area contributed by atoms with Crippen molar-refractivity contribution in [2.75, 3.05) is 18.4 Å². The summed E-state index contributed by atoms with van der Waals surface area (Å²) in [5.41, 5.74) is 1.83. The summed E-state index contributed by atoms with van der Waals surface area (Å²) in [6.45, 7) is 3.47. The van der Waals surface area contributed by atoms with E-state index in [4.69, 9.17) is 0 Å². The van der Waals surface area contributed by atoms with Crippen molar-refractivity contribution < 1.29 is 9.69 Å². The van der Waals surface area contributed by atoms with E-state index in [9.17, 15) is 4.79 Å². The molecule has 1 amide bonds. The van der Waals surface area contributed by atoms with Crippen LogP contribution < -0.4 is 10.2 Å². The minimum absolute atomic E-state index is 0.0422. The van der Waals surface area contributed by atoms with Gasteiger partial charge in [0.15, 0.2) is 6.54 Å². The summed E-state index contributed by atoms with van der Waals surface area (Å²) in [7, 11) is 0. The van der Waals surface area contributed by atoms with E-state index in [1.807, 2.05) is 43.3 Å². The lowest BCUT2D eigenvalue weighted by Crippen LogP contribution is -3.11. The van der Waals surface area contributed by atoms with Gasteiger partial charge in [0.1, 0.15) is 11.9 Å². The highest BCUT2D eigenvalue weighted by Crippen LogP contribution is 2.23. The molecule has 0 aliphatic carbocycles. The van der Waals surface area contributed by atoms with Crippen LogP contribution in [0.15, 0.2) is 53.9 Å². The molecule has 2 atom stereocenters. The Labute approximate surface area is 157 Å². The number of hydrogen-bond acceptors (Lipinski definition) is 3. The second-order valence-corrected chi connectivity index (χ2v) is 7.74. The molecule has 0 radical (unpaired) electrons. The maximum absolute atomic E-state index is 12.7. The Bertz CT molecular complexity index is 873. The molecular weight excluding hydrogens is 344 g/mol. The fraction of sp³-hybridized carbons (Fsp3) is 0.300. The van der Waals surface area contributed by atoms with E-state index in [0.29, 0.717) is 12.6 Å². The number of carbonyl (C=O) groups excluding carboxylic acids is 1. The van der Waals surface area contributed by atoms with Crippen LogP contribution in [0.5, 0.6) is 0 Å². The Hall–Kier alpha value is -2.44. The first-order valence-corrected chi connectivity index (χ1v) is 9.88. The average Bonchev–Trinajstić information content (AvgIpc) is 3.36. The van der Waals surface area contributed by atoms with Gasteiger partial charge in [-0.1, -0.05) is 24.3 Å². The summed E-state index contributed by atoms with van der Waals surface area (Å²) >= 11 is 1.79. The maximum atomic E-state index is 12.7. The Morgan fingerprint density at radius 1 is 1.31 bits per heavy atom. The van der Waals surface area contributed by atoms with Gasteiger partial charge in [0.25, 0.3) is 5.91 Å². The number of rotatable bonds is 5. The second-order valence-electron chi connectivity index (χ2n) is 6.76. The number of para-hydroxylation sites is 1. The number of carbonyl (C=O) groups is 1. The fourth-order valence-electron chi connectivity index (χ4n) is 3.70. The molecule has 1 unspecified atom stereocenters. The van der Waals surface area contributed by atoms with Crippen molar-refractivity contribution >= 4 is 23.1 Å². The number of nitrogens with one attached hydrogen (secondary N) is 2. The first-order valence-electron chi connectivity index (χ1n) is 9.00. The summed E-state index contributed by atoms with van der Waals surface area (Å²) in [6.07, 6.45) is 2.33. The Morgan fingerprint density at radius 2 is 2.15 bits per heavy atom. The van der Waals surface area contributed by atoms with Gasteiger partial charge in [0.05, 0.1) is 22.8 Å². The Kier molecular flexibility index (Phi) is 4.86. The predicted octanol–water partition coefficient (Wildman–Crippen LogP) is 2.60. The fourth-order valence-corrected chi connectivity index (χ4v) is 4.62. The lowest BCUT2D eigenvalue weighted by Gasteiger charge is -2.20. The van der Waals surface area contributed by atoms with Crippen LogP contribution in [-0.4, -0.2) is 28.8 Å². The summed E-state index contributed by atoms with van der Waals surface area (Å²) in [4.78, 5) is 15.4. The molecule has 0 bridgehead atoms. The predicted molar refractivity (Wildman–Crippen MR) is 104 cm³/mol. The molecule has 1 aliphatic heterocycles. The summed E-state index contributed by atoms with van der Waals surface area (Å²) in [5, 5.41) is 9.70. The SMILES string of the molecule is Cc1cc(NC(=O)C[NH+]2CCC[C@@H]2c2cccs2)n(-c2ccccc2)n1. The summed E-state index contributed by atoms with van der Waals surface area (Å²) in [5.74, 6) is 0.769. The third kappa shape index (κ3) is 3.57. The number of amides is 1. The number of quaternary nitrogens is 1. The van der Waals surface area contributed by atoms with Gasteiger partial charge in [-0.05, 0) is 30.5 Å². The van der Waals surface area contributed by atoms with E-state index >= 15 is 0 Å². The zero-order valence-electron chi connectivity index (χ0n) is 14.8. The van der Waals surface area contributed by atoms with Gasteiger partial charge in [-0.25, -0.2) is 4.68 Å². The van der Waals surface area contributed by atoms with Crippen molar-refractivity contribution in [2.24, 2.45) is 0 Å². The maximum Gasteiger partial charge on any atom is 0.280 e. The van der Waals surface area contributed by atoms with E-state index in [1.54, 1.807) is 16.0 Å². The smallest absolute Gasteiger partial charge is 0.280 e. The lowest BCUT2D eigenvalue weighted by molar-refractivity contribution is -0.910. The van der Waals surface area contributed by atoms with Crippen LogP contribution in [0.25, 0.3) is 5.69 Å². The average molecular weight is 367 g/mol. The van der Waals surface area contributed by atoms with Gasteiger partial charge in [-0.3, -0.25) is 4.79 Å². The standard InChI is InChI=1S/C20H22N4OS/c1-15-13-19(24(22-15)16-7-3-2-4-8-16)21-20(25)14-23-11-5-9-17(23)18-10-6-12-26-18/h2-4,6-8,10,12-13,17H,5,9,11,14H2,1H3,(H,21,25)/p+1/t17-/m1/s1. The van der Waals surface area contributed by atoms with Gasteiger partial charge < -0.3 is 10.2 Å². The van der Waals surface area contributed by atoms with E-state index in [-0.39, 0.29) is 5.91 Å². The monoisotopic (exact) mass is 367 g/mol. The van der Waals surface area contributed by atoms with Crippen molar-refractivity contribution in [3.8, 4) is 5.69 Å². The van der Waals surface area contributed by atoms with Crippen LogP contribution in [0.2, 0.25) is 0 Å². The number of likely N-dealkylation sites (tertiary alicyclic amines) is 1. The van der Waals surface area contributed by atoms with Crippen molar-refractivity contribution in [3.63, 3.8) is 0 Å². The molecule has 26 heavy (non-hydrogen) atoms. The first kappa shape index (κ1) is 17.0. The molecule has 1 saturated heterocycles. The molecule has 4 rings (SSSR count). The van der Waals surface area contributed by atoms with Gasteiger partial charge in [-0.15, -0.1) is 11.3 Å². The number of anilines is 1. The van der Waals surface area contributed by atoms with Crippen molar-refractivity contribution in [3.05, 3.63) is 64.5 Å². The van der Waals surface area contributed by atoms with Crippen LogP contribution in [-0.2, 0) is 4.79 Å². The number of benzene rings is 1. The molecule has 0 saturated carbocycles. The third-order valence-electron chi connectivity index (χ3n) is 4.86. The summed E-state index contributed by atoms with van der Waals surface area (Å²) < 4.78 is 1.79. The highest BCUT2D eigenvalue weighted by atomic mass is 32.1. The van der Waals surface area contributed by atoms with Crippen LogP contribution in [0.4, 0.5) is 5.82 Å². The molecule has 5 nitrogen and oxygen atoms in total. The molecule has 0 spiro atoms. The van der Waals surface area contributed by atoms with Gasteiger partial charge in [0.2, 0.25) is 0 Å². The molecule has 6 heteroatoms. The Balaban J connectivity index is 1.47. The van der Waals surface area contributed by atoms with Gasteiger partial charge >= 0.3 is 0 Å². The van der Waals surface area contributed by atoms with Crippen molar-refractivity contribution in [1.29, 1.82) is 0 Å². The van der Waals surface area contributed by atoms with Crippen molar-refractivity contribution in [2.45, 2.75) is 25.8 Å². The summed E-state index contributed by atoms with van der Waals surface area (Å²) in [6, 6.07) is 16.5. The van der Waals surface area contributed by atoms with Gasteiger partial charge in [0, 0.05) is 18.9 Å². The zero-order chi connectivity index (χ0) is 17.9.